The van der Waals surface area contributed by atoms with Crippen molar-refractivity contribution in [1.82, 2.24) is 25.5 Å². The summed E-state index contributed by atoms with van der Waals surface area (Å²) >= 11 is 6.16. The van der Waals surface area contributed by atoms with Gasteiger partial charge in [-0.2, -0.15) is 0 Å². The normalized spacial score (nSPS) is 12.4. The Bertz CT molecular complexity index is 1460. The summed E-state index contributed by atoms with van der Waals surface area (Å²) in [5.74, 6) is 0.278. The van der Waals surface area contributed by atoms with Gasteiger partial charge in [0.05, 0.1) is 26.3 Å². The fourth-order valence-corrected chi connectivity index (χ4v) is 4.56. The zero-order valence-electron chi connectivity index (χ0n) is 23.5. The largest absolute Gasteiger partial charge is 0.497 e. The highest BCUT2D eigenvalue weighted by atomic mass is 35.5. The number of carbonyl (C=O) groups excluding carboxylic acids is 2. The number of benzene rings is 3. The van der Waals surface area contributed by atoms with Crippen molar-refractivity contribution in [1.29, 1.82) is 0 Å². The van der Waals surface area contributed by atoms with Crippen LogP contribution in [0.4, 0.5) is 5.95 Å². The van der Waals surface area contributed by atoms with E-state index in [2.05, 4.69) is 20.8 Å². The number of tetrazole rings is 1. The number of carbonyl (C=O) groups is 2. The Morgan fingerprint density at radius 3 is 2.39 bits per heavy atom. The van der Waals surface area contributed by atoms with Gasteiger partial charge in [0.25, 0.3) is 5.95 Å². The van der Waals surface area contributed by atoms with Gasteiger partial charge in [0, 0.05) is 12.1 Å². The van der Waals surface area contributed by atoms with E-state index in [1.54, 1.807) is 32.7 Å². The maximum atomic E-state index is 13.8. The molecule has 0 saturated carbocycles. The quantitative estimate of drug-likeness (QED) is 0.250. The van der Waals surface area contributed by atoms with Gasteiger partial charge in [-0.3, -0.25) is 19.8 Å². The number of methoxy groups -OCH3 is 1. The molecule has 0 radical (unpaired) electrons. The third kappa shape index (κ3) is 7.68. The molecule has 10 nitrogen and oxygen atoms in total. The second kappa shape index (κ2) is 13.9. The van der Waals surface area contributed by atoms with Gasteiger partial charge in [0.1, 0.15) is 11.8 Å². The highest BCUT2D eigenvalue weighted by Gasteiger charge is 2.30. The van der Waals surface area contributed by atoms with E-state index in [9.17, 15) is 9.59 Å². The molecular formula is C30H33ClN6O4. The molecule has 11 heteroatoms. The van der Waals surface area contributed by atoms with Crippen LogP contribution >= 0.6 is 11.6 Å². The number of nitrogens with zero attached hydrogens (tertiary/aromatic N) is 5. The van der Waals surface area contributed by atoms with E-state index in [1.807, 2.05) is 72.8 Å². The molecule has 0 aliphatic rings. The lowest BCUT2D eigenvalue weighted by molar-refractivity contribution is -0.145. The number of esters is 1. The van der Waals surface area contributed by atoms with E-state index in [0.717, 1.165) is 28.0 Å². The Balaban J connectivity index is 1.55. The monoisotopic (exact) mass is 576 g/mol. The minimum absolute atomic E-state index is 0.245. The lowest BCUT2D eigenvalue weighted by atomic mass is 9.99. The SMILES string of the molecule is CCOC(=O)C(C)N[C@@H](Cc1ccc(-c2cccc(Cl)c2)cc1)C(=O)N(C)c1nnnn1Cc1ccc(OC)cc1. The van der Waals surface area contributed by atoms with Crippen molar-refractivity contribution < 1.29 is 19.1 Å². The number of aromatic nitrogens is 4. The molecule has 4 aromatic rings. The Morgan fingerprint density at radius 1 is 1.02 bits per heavy atom. The number of anilines is 1. The highest BCUT2D eigenvalue weighted by molar-refractivity contribution is 6.30. The Labute approximate surface area is 244 Å². The van der Waals surface area contributed by atoms with Crippen molar-refractivity contribution >= 4 is 29.4 Å². The summed E-state index contributed by atoms with van der Waals surface area (Å²) in [6.45, 7) is 4.01. The number of hydrogen-bond acceptors (Lipinski definition) is 8. The maximum absolute atomic E-state index is 13.8. The van der Waals surface area contributed by atoms with Crippen LogP contribution in [0.3, 0.4) is 0 Å². The molecule has 3 aromatic carbocycles. The molecule has 1 aromatic heterocycles. The van der Waals surface area contributed by atoms with E-state index in [1.165, 1.54) is 4.90 Å². The lowest BCUT2D eigenvalue weighted by Crippen LogP contribution is -2.52. The van der Waals surface area contributed by atoms with Crippen LogP contribution in [-0.2, 0) is 27.3 Å². The molecule has 1 unspecified atom stereocenters. The van der Waals surface area contributed by atoms with E-state index >= 15 is 0 Å². The first-order chi connectivity index (χ1) is 19.8. The van der Waals surface area contributed by atoms with Gasteiger partial charge in [-0.05, 0) is 77.2 Å². The first-order valence-electron chi connectivity index (χ1n) is 13.2. The van der Waals surface area contributed by atoms with Gasteiger partial charge in [0.15, 0.2) is 0 Å². The predicted molar refractivity (Wildman–Crippen MR) is 157 cm³/mol. The second-order valence-corrected chi connectivity index (χ2v) is 9.92. The molecule has 0 bridgehead atoms. The fourth-order valence-electron chi connectivity index (χ4n) is 4.37. The zero-order valence-corrected chi connectivity index (χ0v) is 24.2. The summed E-state index contributed by atoms with van der Waals surface area (Å²) in [6, 6.07) is 21.5. The molecule has 0 saturated heterocycles. The van der Waals surface area contributed by atoms with Gasteiger partial charge in [0.2, 0.25) is 5.91 Å². The number of nitrogens with one attached hydrogen (secondary N) is 1. The summed E-state index contributed by atoms with van der Waals surface area (Å²) in [6.07, 6.45) is 0.322. The third-order valence-electron chi connectivity index (χ3n) is 6.58. The summed E-state index contributed by atoms with van der Waals surface area (Å²) in [5, 5.41) is 15.8. The van der Waals surface area contributed by atoms with Crippen molar-refractivity contribution in [2.75, 3.05) is 25.7 Å². The molecule has 0 aliphatic heterocycles. The van der Waals surface area contributed by atoms with E-state index < -0.39 is 18.1 Å². The predicted octanol–water partition coefficient (Wildman–Crippen LogP) is 4.17. The summed E-state index contributed by atoms with van der Waals surface area (Å²) in [7, 11) is 3.22. The summed E-state index contributed by atoms with van der Waals surface area (Å²) in [4.78, 5) is 27.7. The van der Waals surface area contributed by atoms with Crippen LogP contribution in [-0.4, -0.2) is 64.9 Å². The average Bonchev–Trinajstić information content (AvgIpc) is 3.45. The van der Waals surface area contributed by atoms with Crippen LogP contribution < -0.4 is 15.0 Å². The van der Waals surface area contributed by atoms with Gasteiger partial charge in [-0.1, -0.05) is 65.2 Å². The number of likely N-dealkylation sites (N-methyl/N-ethyl adjacent to an activating group) is 1. The Kier molecular flexibility index (Phi) is 10.0. The second-order valence-electron chi connectivity index (χ2n) is 9.49. The minimum Gasteiger partial charge on any atom is -0.497 e. The summed E-state index contributed by atoms with van der Waals surface area (Å²) in [5.41, 5.74) is 3.84. The van der Waals surface area contributed by atoms with Crippen LogP contribution in [0.5, 0.6) is 5.75 Å². The fraction of sp³-hybridized carbons (Fsp3) is 0.300. The molecule has 1 amide bonds. The molecule has 41 heavy (non-hydrogen) atoms. The Hall–Kier alpha value is -4.28. The van der Waals surface area contributed by atoms with Gasteiger partial charge >= 0.3 is 5.97 Å². The van der Waals surface area contributed by atoms with Crippen LogP contribution in [0.1, 0.15) is 25.0 Å². The molecule has 1 N–H and O–H groups in total. The highest BCUT2D eigenvalue weighted by Crippen LogP contribution is 2.24. The number of hydrogen-bond donors (Lipinski definition) is 1. The molecule has 1 heterocycles. The van der Waals surface area contributed by atoms with Crippen molar-refractivity contribution in [3.63, 3.8) is 0 Å². The number of ether oxygens (including phenoxy) is 2. The third-order valence-corrected chi connectivity index (χ3v) is 6.81. The molecular weight excluding hydrogens is 544 g/mol. The molecule has 214 valence electrons. The van der Waals surface area contributed by atoms with Gasteiger partial charge in [-0.15, -0.1) is 0 Å². The number of amides is 1. The maximum Gasteiger partial charge on any atom is 0.322 e. The van der Waals surface area contributed by atoms with Crippen LogP contribution in [0.2, 0.25) is 5.02 Å². The first kappa shape index (κ1) is 29.7. The van der Waals surface area contributed by atoms with Crippen molar-refractivity contribution in [2.24, 2.45) is 0 Å². The molecule has 0 aliphatic carbocycles. The standard InChI is InChI=1S/C30H33ClN6O4/c1-5-41-29(39)20(2)32-27(17-21-9-13-23(14-10-21)24-7-6-8-25(31)18-24)28(38)36(3)30-33-34-35-37(30)19-22-11-15-26(40-4)16-12-22/h6-16,18,20,27,32H,5,17,19H2,1-4H3/t20?,27-/m0/s1. The van der Waals surface area contributed by atoms with Gasteiger partial charge < -0.3 is 9.47 Å². The van der Waals surface area contributed by atoms with E-state index in [0.29, 0.717) is 18.0 Å². The van der Waals surface area contributed by atoms with Crippen molar-refractivity contribution in [3.8, 4) is 16.9 Å². The van der Waals surface area contributed by atoms with Crippen LogP contribution in [0, 0.1) is 0 Å². The first-order valence-corrected chi connectivity index (χ1v) is 13.6. The van der Waals surface area contributed by atoms with Crippen molar-refractivity contribution in [2.45, 2.75) is 38.9 Å². The number of halogens is 1. The molecule has 2 atom stereocenters. The molecule has 0 fully saturated rings. The average molecular weight is 577 g/mol. The van der Waals surface area contributed by atoms with E-state index in [4.69, 9.17) is 21.1 Å². The van der Waals surface area contributed by atoms with Crippen LogP contribution in [0.25, 0.3) is 11.1 Å². The smallest absolute Gasteiger partial charge is 0.322 e. The van der Waals surface area contributed by atoms with Crippen LogP contribution in [0.15, 0.2) is 72.8 Å². The molecule has 0 spiro atoms. The summed E-state index contributed by atoms with van der Waals surface area (Å²) < 4.78 is 11.9. The topological polar surface area (TPSA) is 111 Å². The Morgan fingerprint density at radius 2 is 1.73 bits per heavy atom. The lowest BCUT2D eigenvalue weighted by Gasteiger charge is -2.26. The van der Waals surface area contributed by atoms with Crippen molar-refractivity contribution in [3.05, 3.63) is 88.9 Å². The van der Waals surface area contributed by atoms with E-state index in [-0.39, 0.29) is 18.5 Å². The zero-order chi connectivity index (χ0) is 29.4. The molecule has 4 rings (SSSR count). The number of rotatable bonds is 12. The van der Waals surface area contributed by atoms with Gasteiger partial charge in [-0.25, -0.2) is 4.68 Å². The minimum atomic E-state index is -0.762.